The average Bonchev–Trinajstić information content (AvgIpc) is 2.91. The van der Waals surface area contributed by atoms with Crippen molar-refractivity contribution in [3.63, 3.8) is 0 Å². The molecule has 0 radical (unpaired) electrons. The van der Waals surface area contributed by atoms with Crippen LogP contribution in [0.3, 0.4) is 0 Å². The largest absolute Gasteiger partial charge is 0.432 e. The Kier molecular flexibility index (Phi) is 14.2. The van der Waals surface area contributed by atoms with Gasteiger partial charge in [0.15, 0.2) is 5.60 Å². The zero-order valence-electron chi connectivity index (χ0n) is 25.8. The quantitative estimate of drug-likeness (QED) is 0.131. The topological polar surface area (TPSA) is 18.5 Å². The highest BCUT2D eigenvalue weighted by Crippen LogP contribution is 2.51. The summed E-state index contributed by atoms with van der Waals surface area (Å²) >= 11 is 0. The molecule has 0 bridgehead atoms. The van der Waals surface area contributed by atoms with Crippen LogP contribution in [0.4, 0.5) is 74.6 Å². The molecule has 0 amide bonds. The monoisotopic (exact) mass is 750 g/mol. The molecule has 286 valence electrons. The highest BCUT2D eigenvalue weighted by Gasteiger charge is 2.78. The minimum Gasteiger partial charge on any atom is -0.364 e. The molecule has 1 saturated carbocycles. The molecule has 0 spiro atoms. The van der Waals surface area contributed by atoms with Crippen molar-refractivity contribution in [1.82, 2.24) is 0 Å². The molecule has 1 atom stereocenters. The van der Waals surface area contributed by atoms with Gasteiger partial charge in [-0.05, 0) is 48.6 Å². The first-order valence-corrected chi connectivity index (χ1v) is 15.2. The Morgan fingerprint density at radius 2 is 1.10 bits per heavy atom. The molecule has 0 heterocycles. The van der Waals surface area contributed by atoms with Crippen molar-refractivity contribution >= 4 is 0 Å². The van der Waals surface area contributed by atoms with Gasteiger partial charge in [0, 0.05) is 5.92 Å². The van der Waals surface area contributed by atoms with Gasteiger partial charge in [-0.2, -0.15) is 65.9 Å². The third kappa shape index (κ3) is 11.5. The van der Waals surface area contributed by atoms with Crippen LogP contribution in [-0.2, 0) is 9.47 Å². The van der Waals surface area contributed by atoms with Gasteiger partial charge < -0.3 is 9.47 Å². The normalized spacial score (nSPS) is 19.8. The maximum Gasteiger partial charge on any atom is 0.432 e. The summed E-state index contributed by atoms with van der Waals surface area (Å²) in [5.41, 5.74) is -11.3. The predicted molar refractivity (Wildman–Crippen MR) is 141 cm³/mol. The Labute approximate surface area is 270 Å². The lowest BCUT2D eigenvalue weighted by atomic mass is 9.77. The second-order valence-electron chi connectivity index (χ2n) is 12.3. The first-order valence-electron chi connectivity index (χ1n) is 15.2. The minimum atomic E-state index is -6.88. The molecule has 1 aliphatic carbocycles. The fraction of sp³-hybridized carbons (Fsp3) is 0.800. The van der Waals surface area contributed by atoms with E-state index < -0.39 is 86.0 Å². The second kappa shape index (κ2) is 16.1. The summed E-state index contributed by atoms with van der Waals surface area (Å²) in [7, 11) is 0. The van der Waals surface area contributed by atoms with Gasteiger partial charge in [-0.1, -0.05) is 56.9 Å². The summed E-state index contributed by atoms with van der Waals surface area (Å²) in [5, 5.41) is 0. The van der Waals surface area contributed by atoms with Gasteiger partial charge in [-0.15, -0.1) is 0 Å². The molecular formula is C30H35F17O2. The van der Waals surface area contributed by atoms with E-state index in [4.69, 9.17) is 0 Å². The summed E-state index contributed by atoms with van der Waals surface area (Å²) in [6.07, 6.45) is -37.0. The van der Waals surface area contributed by atoms with Crippen LogP contribution in [0.1, 0.15) is 94.1 Å². The number of hydrogen-bond donors (Lipinski definition) is 0. The Morgan fingerprint density at radius 3 is 1.49 bits per heavy atom. The Hall–Kier alpha value is -2.05. The van der Waals surface area contributed by atoms with Crippen LogP contribution >= 0.6 is 0 Å². The number of halogens is 17. The van der Waals surface area contributed by atoms with Gasteiger partial charge in [0.05, 0.1) is 26.1 Å². The van der Waals surface area contributed by atoms with Gasteiger partial charge in [0.25, 0.3) is 6.43 Å². The summed E-state index contributed by atoms with van der Waals surface area (Å²) in [5.74, 6) is -2.07. The van der Waals surface area contributed by atoms with E-state index >= 15 is 0 Å². The molecular weight excluding hydrogens is 715 g/mol. The van der Waals surface area contributed by atoms with Crippen LogP contribution in [0.5, 0.6) is 0 Å². The van der Waals surface area contributed by atoms with Crippen LogP contribution in [-0.4, -0.2) is 61.7 Å². The van der Waals surface area contributed by atoms with E-state index in [1.807, 2.05) is 6.92 Å². The molecule has 0 aliphatic heterocycles. The van der Waals surface area contributed by atoms with Crippen molar-refractivity contribution in [2.45, 2.75) is 131 Å². The van der Waals surface area contributed by atoms with E-state index in [2.05, 4.69) is 9.47 Å². The summed E-state index contributed by atoms with van der Waals surface area (Å²) in [6, 6.07) is 4.46. The van der Waals surface area contributed by atoms with Crippen LogP contribution in [0, 0.1) is 5.92 Å². The molecule has 19 heteroatoms. The molecule has 49 heavy (non-hydrogen) atoms. The lowest BCUT2D eigenvalue weighted by Crippen LogP contribution is -2.64. The Morgan fingerprint density at radius 1 is 0.633 bits per heavy atom. The van der Waals surface area contributed by atoms with E-state index in [0.717, 1.165) is 50.7 Å². The molecule has 1 fully saturated rings. The van der Waals surface area contributed by atoms with Crippen molar-refractivity contribution in [1.29, 1.82) is 0 Å². The third-order valence-corrected chi connectivity index (χ3v) is 8.65. The highest BCUT2D eigenvalue weighted by molar-refractivity contribution is 5.28. The first kappa shape index (κ1) is 43.1. The molecule has 0 N–H and O–H groups in total. The fourth-order valence-corrected chi connectivity index (χ4v) is 5.97. The molecule has 1 aromatic carbocycles. The number of rotatable bonds is 15. The lowest BCUT2D eigenvalue weighted by Gasteiger charge is -2.39. The third-order valence-electron chi connectivity index (χ3n) is 8.65. The number of benzene rings is 1. The first-order chi connectivity index (χ1) is 22.2. The highest BCUT2D eigenvalue weighted by atomic mass is 19.4. The summed E-state index contributed by atoms with van der Waals surface area (Å²) in [6.45, 7) is -2.19. The average molecular weight is 751 g/mol. The summed E-state index contributed by atoms with van der Waals surface area (Å²) in [4.78, 5) is 0. The number of hydrogen-bond acceptors (Lipinski definition) is 2. The molecule has 2 rings (SSSR count). The molecule has 1 aromatic rings. The summed E-state index contributed by atoms with van der Waals surface area (Å²) < 4.78 is 237. The van der Waals surface area contributed by atoms with Gasteiger partial charge in [0.2, 0.25) is 0 Å². The number of alkyl halides is 17. The Balaban J connectivity index is 2.51. The van der Waals surface area contributed by atoms with Crippen LogP contribution in [0.2, 0.25) is 0 Å². The maximum absolute atomic E-state index is 13.9. The molecule has 0 saturated heterocycles. The van der Waals surface area contributed by atoms with E-state index in [9.17, 15) is 74.6 Å². The van der Waals surface area contributed by atoms with Gasteiger partial charge in [0.1, 0.15) is 0 Å². The predicted octanol–water partition coefficient (Wildman–Crippen LogP) is 12.0. The van der Waals surface area contributed by atoms with Crippen molar-refractivity contribution < 1.29 is 84.1 Å². The van der Waals surface area contributed by atoms with Crippen LogP contribution in [0.15, 0.2) is 24.3 Å². The van der Waals surface area contributed by atoms with Crippen LogP contribution in [0.25, 0.3) is 0 Å². The fourth-order valence-electron chi connectivity index (χ4n) is 5.97. The maximum atomic E-state index is 13.9. The zero-order valence-corrected chi connectivity index (χ0v) is 25.8. The molecule has 2 nitrogen and oxygen atoms in total. The number of ether oxygens (including phenoxy) is 2. The SMILES string of the molecule is CCCCCC1CCC(c2ccc(C(COC(CC(F)(F)F)(CC(F)(F)F)C(F)(F)F)COC(C(F)F)(C(F)(F)F)C(F)(F)F)cc2)CC1. The lowest BCUT2D eigenvalue weighted by molar-refractivity contribution is -0.410. The smallest absolute Gasteiger partial charge is 0.364 e. The van der Waals surface area contributed by atoms with E-state index in [1.165, 1.54) is 12.1 Å². The van der Waals surface area contributed by atoms with E-state index in [0.29, 0.717) is 24.3 Å². The molecule has 1 aliphatic rings. The second-order valence-corrected chi connectivity index (χ2v) is 12.3. The van der Waals surface area contributed by atoms with Crippen LogP contribution < -0.4 is 0 Å². The van der Waals surface area contributed by atoms with Gasteiger partial charge in [-0.3, -0.25) is 0 Å². The molecule has 0 aromatic heterocycles. The van der Waals surface area contributed by atoms with Crippen molar-refractivity contribution in [2.75, 3.05) is 13.2 Å². The standard InChI is InChI=1S/C30H35F17O2/c1-2-3-4-5-18-6-8-19(9-7-18)20-10-12-21(13-11-20)22(15-49-27(23(31)32,29(42,43)44)30(45,46)47)14-48-24(28(39,40)41,16-25(33,34)35)17-26(36,37)38/h10-13,18-19,22-23H,2-9,14-17H2,1H3. The molecule has 1 unspecified atom stereocenters. The van der Waals surface area contributed by atoms with Crippen molar-refractivity contribution in [3.8, 4) is 0 Å². The van der Waals surface area contributed by atoms with Crippen molar-refractivity contribution in [2.24, 2.45) is 5.92 Å². The Bertz CT molecular complexity index is 1100. The van der Waals surface area contributed by atoms with Crippen molar-refractivity contribution in [3.05, 3.63) is 35.4 Å². The van der Waals surface area contributed by atoms with Gasteiger partial charge in [-0.25, -0.2) is 8.78 Å². The zero-order chi connectivity index (χ0) is 37.7. The number of unbranched alkanes of at least 4 members (excludes halogenated alkanes) is 2. The minimum absolute atomic E-state index is 0.0965. The van der Waals surface area contributed by atoms with E-state index in [1.54, 1.807) is 0 Å². The van der Waals surface area contributed by atoms with Gasteiger partial charge >= 0.3 is 36.5 Å². The van der Waals surface area contributed by atoms with E-state index in [-0.39, 0.29) is 5.92 Å².